The Bertz CT molecular complexity index is 838. The number of nitrogens with two attached hydrogens (primary N) is 1. The minimum absolute atomic E-state index is 0.184. The van der Waals surface area contributed by atoms with Crippen molar-refractivity contribution in [3.8, 4) is 0 Å². The van der Waals surface area contributed by atoms with Crippen LogP contribution in [0.5, 0.6) is 0 Å². The molecule has 1 unspecified atom stereocenters. The van der Waals surface area contributed by atoms with Crippen molar-refractivity contribution in [2.75, 3.05) is 7.05 Å². The van der Waals surface area contributed by atoms with Crippen molar-refractivity contribution >= 4 is 18.3 Å². The molecule has 0 bridgehead atoms. The summed E-state index contributed by atoms with van der Waals surface area (Å²) in [6.07, 6.45) is 2.60. The Kier molecular flexibility index (Phi) is 4.65. The SMILES string of the molecule is C=N/C(N)=C(\N=C(/C)c1ccoc1)C1OC(c2ccccc2)=NN1C. The van der Waals surface area contributed by atoms with Crippen LogP contribution in [0.3, 0.4) is 0 Å². The van der Waals surface area contributed by atoms with Crippen LogP contribution in [0.1, 0.15) is 18.1 Å². The maximum absolute atomic E-state index is 6.01. The van der Waals surface area contributed by atoms with Gasteiger partial charge in [0.25, 0.3) is 0 Å². The van der Waals surface area contributed by atoms with E-state index in [1.807, 2.05) is 43.3 Å². The third kappa shape index (κ3) is 3.45. The summed E-state index contributed by atoms with van der Waals surface area (Å²) in [6.45, 7) is 5.35. The molecule has 0 fully saturated rings. The molecule has 2 aromatic rings. The van der Waals surface area contributed by atoms with Crippen LogP contribution < -0.4 is 5.73 Å². The van der Waals surface area contributed by atoms with Crippen LogP contribution in [0.4, 0.5) is 0 Å². The zero-order chi connectivity index (χ0) is 17.8. The lowest BCUT2D eigenvalue weighted by molar-refractivity contribution is 0.109. The van der Waals surface area contributed by atoms with Crippen molar-refractivity contribution in [1.29, 1.82) is 0 Å². The first-order valence-corrected chi connectivity index (χ1v) is 7.68. The van der Waals surface area contributed by atoms with Gasteiger partial charge in [-0.25, -0.2) is 9.98 Å². The lowest BCUT2D eigenvalue weighted by Gasteiger charge is -2.19. The third-order valence-corrected chi connectivity index (χ3v) is 3.73. The van der Waals surface area contributed by atoms with E-state index in [2.05, 4.69) is 21.8 Å². The molecule has 0 saturated heterocycles. The predicted octanol–water partition coefficient (Wildman–Crippen LogP) is 2.57. The fourth-order valence-corrected chi connectivity index (χ4v) is 2.38. The highest BCUT2D eigenvalue weighted by Crippen LogP contribution is 2.24. The molecular weight excluding hydrogens is 318 g/mol. The summed E-state index contributed by atoms with van der Waals surface area (Å²) in [5, 5.41) is 6.09. The second-order valence-electron chi connectivity index (χ2n) is 5.45. The third-order valence-electron chi connectivity index (χ3n) is 3.73. The van der Waals surface area contributed by atoms with E-state index >= 15 is 0 Å². The molecule has 1 aliphatic rings. The highest BCUT2D eigenvalue weighted by molar-refractivity contribution is 5.99. The molecule has 1 aromatic carbocycles. The standard InChI is InChI=1S/C18H19N5O2/c1-12(14-9-10-24-11-14)21-15(16(19)20-2)18-23(3)22-17(25-18)13-7-5-4-6-8-13/h4-11,18H,2,19H2,1,3H3/b16-15-,21-12+. The largest absolute Gasteiger partial charge is 0.472 e. The average Bonchev–Trinajstić information content (AvgIpc) is 3.29. The van der Waals surface area contributed by atoms with Crippen molar-refractivity contribution in [2.45, 2.75) is 13.2 Å². The number of rotatable bonds is 5. The molecule has 3 rings (SSSR count). The van der Waals surface area contributed by atoms with Crippen LogP contribution >= 0.6 is 0 Å². The molecule has 1 aliphatic heterocycles. The average molecular weight is 337 g/mol. The maximum Gasteiger partial charge on any atom is 0.240 e. The summed E-state index contributed by atoms with van der Waals surface area (Å²) in [7, 11) is 1.79. The highest BCUT2D eigenvalue weighted by Gasteiger charge is 2.31. The van der Waals surface area contributed by atoms with Crippen molar-refractivity contribution < 1.29 is 9.15 Å². The van der Waals surface area contributed by atoms with Gasteiger partial charge in [-0.15, -0.1) is 5.10 Å². The first-order valence-electron chi connectivity index (χ1n) is 7.68. The lowest BCUT2D eigenvalue weighted by Crippen LogP contribution is -2.28. The molecule has 1 atom stereocenters. The molecule has 0 radical (unpaired) electrons. The van der Waals surface area contributed by atoms with Gasteiger partial charge in [0, 0.05) is 23.9 Å². The topological polar surface area (TPSA) is 88.7 Å². The summed E-state index contributed by atoms with van der Waals surface area (Å²) in [5.41, 5.74) is 8.88. The zero-order valence-electron chi connectivity index (χ0n) is 14.1. The van der Waals surface area contributed by atoms with E-state index < -0.39 is 6.23 Å². The number of ether oxygens (including phenoxy) is 1. The Morgan fingerprint density at radius 1 is 1.28 bits per heavy atom. The summed E-state index contributed by atoms with van der Waals surface area (Å²) < 4.78 is 11.1. The Balaban J connectivity index is 1.92. The van der Waals surface area contributed by atoms with Crippen LogP contribution in [0.25, 0.3) is 0 Å². The smallest absolute Gasteiger partial charge is 0.240 e. The van der Waals surface area contributed by atoms with Crippen LogP contribution in [0, 0.1) is 0 Å². The van der Waals surface area contributed by atoms with E-state index in [4.69, 9.17) is 14.9 Å². The summed E-state index contributed by atoms with van der Waals surface area (Å²) in [5.74, 6) is 0.683. The van der Waals surface area contributed by atoms with Crippen molar-refractivity contribution in [1.82, 2.24) is 5.01 Å². The molecular formula is C18H19N5O2. The second kappa shape index (κ2) is 7.04. The Morgan fingerprint density at radius 3 is 2.68 bits per heavy atom. The Labute approximate surface area is 145 Å². The molecule has 0 saturated carbocycles. The molecule has 7 heteroatoms. The number of hydrogen-bond acceptors (Lipinski definition) is 7. The molecule has 0 amide bonds. The molecule has 7 nitrogen and oxygen atoms in total. The molecule has 0 aliphatic carbocycles. The number of nitrogens with zero attached hydrogens (tertiary/aromatic N) is 4. The van der Waals surface area contributed by atoms with E-state index in [0.29, 0.717) is 11.6 Å². The van der Waals surface area contributed by atoms with Gasteiger partial charge in [0.1, 0.15) is 11.5 Å². The molecule has 0 spiro atoms. The number of benzene rings is 1. The monoisotopic (exact) mass is 337 g/mol. The number of hydrogen-bond donors (Lipinski definition) is 1. The minimum Gasteiger partial charge on any atom is -0.472 e. The van der Waals surface area contributed by atoms with E-state index in [1.54, 1.807) is 24.6 Å². The quantitative estimate of drug-likeness (QED) is 0.849. The van der Waals surface area contributed by atoms with Crippen LogP contribution in [-0.4, -0.2) is 36.6 Å². The summed E-state index contributed by atoms with van der Waals surface area (Å²) in [6, 6.07) is 11.4. The number of hydrazone groups is 1. The maximum atomic E-state index is 6.01. The number of likely N-dealkylation sites (N-methyl/N-ethyl adjacent to an activating group) is 1. The van der Waals surface area contributed by atoms with E-state index in [9.17, 15) is 0 Å². The van der Waals surface area contributed by atoms with Gasteiger partial charge in [-0.1, -0.05) is 18.2 Å². The van der Waals surface area contributed by atoms with E-state index in [-0.39, 0.29) is 5.82 Å². The molecule has 128 valence electrons. The Morgan fingerprint density at radius 2 is 2.04 bits per heavy atom. The Hall–Kier alpha value is -3.35. The highest BCUT2D eigenvalue weighted by atomic mass is 16.5. The van der Waals surface area contributed by atoms with Crippen LogP contribution in [-0.2, 0) is 4.74 Å². The molecule has 2 N–H and O–H groups in total. The second-order valence-corrected chi connectivity index (χ2v) is 5.45. The number of aliphatic imine (C=N–C) groups is 2. The predicted molar refractivity (Wildman–Crippen MR) is 97.3 cm³/mol. The first kappa shape index (κ1) is 16.5. The van der Waals surface area contributed by atoms with Crippen molar-refractivity contribution in [2.24, 2.45) is 20.8 Å². The molecule has 1 aromatic heterocycles. The molecule has 25 heavy (non-hydrogen) atoms. The fourth-order valence-electron chi connectivity index (χ4n) is 2.38. The fraction of sp³-hybridized carbons (Fsp3) is 0.167. The van der Waals surface area contributed by atoms with Gasteiger partial charge in [-0.05, 0) is 31.8 Å². The van der Waals surface area contributed by atoms with Crippen LogP contribution in [0.2, 0.25) is 0 Å². The van der Waals surface area contributed by atoms with Gasteiger partial charge >= 0.3 is 0 Å². The van der Waals surface area contributed by atoms with Gasteiger partial charge in [0.05, 0.1) is 12.5 Å². The van der Waals surface area contributed by atoms with Crippen molar-refractivity contribution in [3.05, 3.63) is 71.6 Å². The summed E-state index contributed by atoms with van der Waals surface area (Å²) >= 11 is 0. The van der Waals surface area contributed by atoms with Gasteiger partial charge in [-0.2, -0.15) is 0 Å². The molecule has 2 heterocycles. The normalized spacial score (nSPS) is 18.5. The van der Waals surface area contributed by atoms with Gasteiger partial charge in [-0.3, -0.25) is 5.01 Å². The zero-order valence-corrected chi connectivity index (χ0v) is 14.1. The van der Waals surface area contributed by atoms with E-state index in [1.165, 1.54) is 0 Å². The van der Waals surface area contributed by atoms with Crippen LogP contribution in [0.15, 0.2) is 79.9 Å². The number of furan rings is 1. The van der Waals surface area contributed by atoms with Crippen molar-refractivity contribution in [3.63, 3.8) is 0 Å². The van der Waals surface area contributed by atoms with Gasteiger partial charge in [0.15, 0.2) is 0 Å². The first-order chi connectivity index (χ1) is 12.1. The van der Waals surface area contributed by atoms with E-state index in [0.717, 1.165) is 16.8 Å². The van der Waals surface area contributed by atoms with Gasteiger partial charge in [0.2, 0.25) is 12.1 Å². The van der Waals surface area contributed by atoms with Gasteiger partial charge < -0.3 is 14.9 Å². The lowest BCUT2D eigenvalue weighted by atomic mass is 10.2. The summed E-state index contributed by atoms with van der Waals surface area (Å²) in [4.78, 5) is 8.41. The minimum atomic E-state index is -0.595.